The maximum atomic E-state index is 11.8. The average molecular weight is 288 g/mol. The maximum absolute atomic E-state index is 11.8. The minimum absolute atomic E-state index is 0.126. The minimum Gasteiger partial charge on any atom is -0.468 e. The lowest BCUT2D eigenvalue weighted by atomic mass is 9.99. The summed E-state index contributed by atoms with van der Waals surface area (Å²) in [4.78, 5) is 14.3. The van der Waals surface area contributed by atoms with Crippen LogP contribution in [0, 0.1) is 0 Å². The monoisotopic (exact) mass is 288 g/mol. The Morgan fingerprint density at radius 1 is 1.38 bits per heavy atom. The van der Waals surface area contributed by atoms with Crippen LogP contribution in [0.5, 0.6) is 0 Å². The summed E-state index contributed by atoms with van der Waals surface area (Å²) >= 11 is 0. The molecule has 1 atom stereocenters. The van der Waals surface area contributed by atoms with Crippen molar-refractivity contribution in [2.45, 2.75) is 44.3 Å². The van der Waals surface area contributed by atoms with Gasteiger partial charge in [0.15, 0.2) is 0 Å². The summed E-state index contributed by atoms with van der Waals surface area (Å²) in [6.07, 6.45) is 4.30. The number of carbonyl (C=O) groups is 1. The van der Waals surface area contributed by atoms with Crippen molar-refractivity contribution in [3.05, 3.63) is 35.4 Å². The van der Waals surface area contributed by atoms with Crippen LogP contribution in [0.15, 0.2) is 24.3 Å². The third-order valence-electron chi connectivity index (χ3n) is 4.44. The molecule has 114 valence electrons. The molecule has 0 bridgehead atoms. The predicted molar refractivity (Wildman–Crippen MR) is 82.0 cm³/mol. The van der Waals surface area contributed by atoms with Gasteiger partial charge in [-0.3, -0.25) is 9.69 Å². The molecule has 1 saturated carbocycles. The van der Waals surface area contributed by atoms with E-state index in [-0.39, 0.29) is 12.0 Å². The molecule has 1 fully saturated rings. The number of nitrogens with one attached hydrogen (secondary N) is 1. The predicted octanol–water partition coefficient (Wildman–Crippen LogP) is 1.73. The smallest absolute Gasteiger partial charge is 0.322 e. The van der Waals surface area contributed by atoms with Gasteiger partial charge in [0.1, 0.15) is 6.04 Å². The van der Waals surface area contributed by atoms with Crippen molar-refractivity contribution in [3.63, 3.8) is 0 Å². The highest BCUT2D eigenvalue weighted by Gasteiger charge is 2.29. The quantitative estimate of drug-likeness (QED) is 0.810. The number of esters is 1. The molecule has 0 saturated heterocycles. The van der Waals surface area contributed by atoms with Crippen molar-refractivity contribution >= 4 is 5.97 Å². The van der Waals surface area contributed by atoms with Crippen molar-refractivity contribution < 1.29 is 9.53 Å². The van der Waals surface area contributed by atoms with E-state index in [0.29, 0.717) is 6.04 Å². The second kappa shape index (κ2) is 6.58. The normalized spacial score (nSPS) is 19.9. The topological polar surface area (TPSA) is 41.6 Å². The summed E-state index contributed by atoms with van der Waals surface area (Å²) in [5.41, 5.74) is 2.89. The minimum atomic E-state index is -0.153. The van der Waals surface area contributed by atoms with Gasteiger partial charge < -0.3 is 10.1 Å². The van der Waals surface area contributed by atoms with Crippen LogP contribution < -0.4 is 5.32 Å². The number of methoxy groups -OCH3 is 1. The van der Waals surface area contributed by atoms with Gasteiger partial charge in [-0.2, -0.15) is 0 Å². The van der Waals surface area contributed by atoms with Crippen LogP contribution in [0.25, 0.3) is 0 Å². The van der Waals surface area contributed by atoms with Crippen LogP contribution in [-0.2, 0) is 22.5 Å². The van der Waals surface area contributed by atoms with E-state index in [4.69, 9.17) is 4.74 Å². The van der Waals surface area contributed by atoms with Crippen molar-refractivity contribution in [3.8, 4) is 0 Å². The van der Waals surface area contributed by atoms with Gasteiger partial charge in [-0.05, 0) is 36.8 Å². The highest BCUT2D eigenvalue weighted by atomic mass is 16.5. The van der Waals surface area contributed by atoms with E-state index in [1.807, 2.05) is 0 Å². The zero-order valence-electron chi connectivity index (χ0n) is 12.7. The van der Waals surface area contributed by atoms with Crippen LogP contribution in [0.2, 0.25) is 0 Å². The zero-order valence-corrected chi connectivity index (χ0v) is 12.7. The van der Waals surface area contributed by atoms with E-state index in [9.17, 15) is 4.79 Å². The largest absolute Gasteiger partial charge is 0.468 e. The number of benzene rings is 1. The highest BCUT2D eigenvalue weighted by Crippen LogP contribution is 2.21. The van der Waals surface area contributed by atoms with Crippen molar-refractivity contribution in [2.24, 2.45) is 0 Å². The summed E-state index contributed by atoms with van der Waals surface area (Å²) in [5, 5.41) is 3.40. The SMILES string of the molecule is COC(=O)C(CCN1CCc2ccccc2C1)NC1CC1. The van der Waals surface area contributed by atoms with Crippen LogP contribution in [0.4, 0.5) is 0 Å². The lowest BCUT2D eigenvalue weighted by molar-refractivity contribution is -0.143. The Hall–Kier alpha value is -1.39. The average Bonchev–Trinajstić information content (AvgIpc) is 3.34. The molecular weight excluding hydrogens is 264 g/mol. The molecule has 4 nitrogen and oxygen atoms in total. The fourth-order valence-electron chi connectivity index (χ4n) is 3.00. The molecule has 1 aromatic carbocycles. The van der Waals surface area contributed by atoms with E-state index in [1.54, 1.807) is 0 Å². The Labute approximate surface area is 126 Å². The molecule has 1 aliphatic heterocycles. The molecule has 0 radical (unpaired) electrons. The first-order chi connectivity index (χ1) is 10.3. The molecular formula is C17H24N2O2. The van der Waals surface area contributed by atoms with Gasteiger partial charge in [0.25, 0.3) is 0 Å². The van der Waals surface area contributed by atoms with Crippen LogP contribution in [0.3, 0.4) is 0 Å². The fraction of sp³-hybridized carbons (Fsp3) is 0.588. The molecule has 0 spiro atoms. The Morgan fingerprint density at radius 2 is 2.14 bits per heavy atom. The molecule has 2 aliphatic rings. The lowest BCUT2D eigenvalue weighted by Crippen LogP contribution is -2.42. The van der Waals surface area contributed by atoms with Crippen LogP contribution in [-0.4, -0.2) is 43.2 Å². The van der Waals surface area contributed by atoms with Crippen molar-refractivity contribution in [1.29, 1.82) is 0 Å². The van der Waals surface area contributed by atoms with Crippen molar-refractivity contribution in [2.75, 3.05) is 20.2 Å². The van der Waals surface area contributed by atoms with Gasteiger partial charge in [0.05, 0.1) is 7.11 Å². The fourth-order valence-corrected chi connectivity index (χ4v) is 3.00. The van der Waals surface area contributed by atoms with E-state index >= 15 is 0 Å². The molecule has 3 rings (SSSR count). The second-order valence-electron chi connectivity index (χ2n) is 6.10. The molecule has 1 unspecified atom stereocenters. The number of hydrogen-bond donors (Lipinski definition) is 1. The number of hydrogen-bond acceptors (Lipinski definition) is 4. The summed E-state index contributed by atoms with van der Waals surface area (Å²) in [6, 6.07) is 9.02. The number of fused-ring (bicyclic) bond motifs is 1. The number of ether oxygens (including phenoxy) is 1. The Bertz CT molecular complexity index is 499. The zero-order chi connectivity index (χ0) is 14.7. The van der Waals surface area contributed by atoms with Gasteiger partial charge >= 0.3 is 5.97 Å². The van der Waals surface area contributed by atoms with Gasteiger partial charge in [0.2, 0.25) is 0 Å². The number of nitrogens with zero attached hydrogens (tertiary/aromatic N) is 1. The van der Waals surface area contributed by atoms with Gasteiger partial charge in [0, 0.05) is 25.7 Å². The molecule has 1 heterocycles. The van der Waals surface area contributed by atoms with Crippen LogP contribution in [0.1, 0.15) is 30.4 Å². The van der Waals surface area contributed by atoms with E-state index < -0.39 is 0 Å². The summed E-state index contributed by atoms with van der Waals surface area (Å²) in [5.74, 6) is -0.126. The first kappa shape index (κ1) is 14.5. The summed E-state index contributed by atoms with van der Waals surface area (Å²) < 4.78 is 4.92. The number of carbonyl (C=O) groups excluding carboxylic acids is 1. The van der Waals surface area contributed by atoms with Gasteiger partial charge in [-0.25, -0.2) is 0 Å². The molecule has 0 amide bonds. The Morgan fingerprint density at radius 3 is 2.86 bits per heavy atom. The molecule has 21 heavy (non-hydrogen) atoms. The first-order valence-corrected chi connectivity index (χ1v) is 7.89. The number of rotatable bonds is 6. The highest BCUT2D eigenvalue weighted by molar-refractivity contribution is 5.75. The molecule has 1 N–H and O–H groups in total. The van der Waals surface area contributed by atoms with E-state index in [0.717, 1.165) is 32.5 Å². The van der Waals surface area contributed by atoms with E-state index in [1.165, 1.54) is 31.1 Å². The standard InChI is InChI=1S/C17H24N2O2/c1-21-17(20)16(18-15-6-7-15)9-11-19-10-8-13-4-2-3-5-14(13)12-19/h2-5,15-16,18H,6-12H2,1H3. The second-order valence-corrected chi connectivity index (χ2v) is 6.10. The van der Waals surface area contributed by atoms with Gasteiger partial charge in [-0.15, -0.1) is 0 Å². The van der Waals surface area contributed by atoms with E-state index in [2.05, 4.69) is 34.5 Å². The molecule has 0 aromatic heterocycles. The Balaban J connectivity index is 1.53. The lowest BCUT2D eigenvalue weighted by Gasteiger charge is -2.29. The summed E-state index contributed by atoms with van der Waals surface area (Å²) in [7, 11) is 1.47. The Kier molecular flexibility index (Phi) is 4.56. The first-order valence-electron chi connectivity index (χ1n) is 7.89. The summed E-state index contributed by atoms with van der Waals surface area (Å²) in [6.45, 7) is 3.01. The third-order valence-corrected chi connectivity index (χ3v) is 4.44. The molecule has 4 heteroatoms. The molecule has 1 aliphatic carbocycles. The maximum Gasteiger partial charge on any atom is 0.322 e. The van der Waals surface area contributed by atoms with Crippen LogP contribution >= 0.6 is 0 Å². The van der Waals surface area contributed by atoms with Gasteiger partial charge in [-0.1, -0.05) is 24.3 Å². The van der Waals surface area contributed by atoms with Crippen molar-refractivity contribution in [1.82, 2.24) is 10.2 Å². The molecule has 1 aromatic rings. The third kappa shape index (κ3) is 3.83.